The van der Waals surface area contributed by atoms with Gasteiger partial charge in [0.05, 0.1) is 11.6 Å². The highest BCUT2D eigenvalue weighted by molar-refractivity contribution is 5.91. The van der Waals surface area contributed by atoms with Crippen LogP contribution in [0.15, 0.2) is 24.3 Å². The lowest BCUT2D eigenvalue weighted by Crippen LogP contribution is -2.04. The van der Waals surface area contributed by atoms with Crippen LogP contribution in [-0.4, -0.2) is 21.2 Å². The molecule has 2 aromatic rings. The molecule has 17 heavy (non-hydrogen) atoms. The average Bonchev–Trinajstić information content (AvgIpc) is 2.27. The summed E-state index contributed by atoms with van der Waals surface area (Å²) in [6.45, 7) is 1.49. The molecular formula is C12H10FNO3. The molecule has 0 bridgehead atoms. The second-order valence-corrected chi connectivity index (χ2v) is 3.74. The van der Waals surface area contributed by atoms with Crippen LogP contribution in [0, 0.1) is 5.82 Å². The van der Waals surface area contributed by atoms with Gasteiger partial charge >= 0.3 is 5.97 Å². The second kappa shape index (κ2) is 4.10. The molecule has 0 spiro atoms. The number of aliphatic hydroxyl groups is 1. The Hall–Kier alpha value is -2.01. The molecule has 0 aliphatic carbocycles. The van der Waals surface area contributed by atoms with E-state index in [-0.39, 0.29) is 5.69 Å². The van der Waals surface area contributed by atoms with E-state index in [4.69, 9.17) is 5.11 Å². The normalized spacial score (nSPS) is 12.6. The van der Waals surface area contributed by atoms with Crippen molar-refractivity contribution in [2.24, 2.45) is 0 Å². The molecule has 2 rings (SSSR count). The summed E-state index contributed by atoms with van der Waals surface area (Å²) in [6, 6.07) is 5.08. The molecule has 0 aliphatic rings. The van der Waals surface area contributed by atoms with Crippen molar-refractivity contribution in [3.63, 3.8) is 0 Å². The molecule has 2 N–H and O–H groups in total. The van der Waals surface area contributed by atoms with Crippen LogP contribution in [-0.2, 0) is 0 Å². The SMILES string of the molecule is CC(O)c1cc(C(=O)O)nc2ccc(F)cc12. The summed E-state index contributed by atoms with van der Waals surface area (Å²) >= 11 is 0. The predicted molar refractivity (Wildman–Crippen MR) is 59.3 cm³/mol. The van der Waals surface area contributed by atoms with Crippen molar-refractivity contribution in [2.45, 2.75) is 13.0 Å². The van der Waals surface area contributed by atoms with Crippen LogP contribution in [0.25, 0.3) is 10.9 Å². The van der Waals surface area contributed by atoms with Gasteiger partial charge in [-0.1, -0.05) is 0 Å². The van der Waals surface area contributed by atoms with Crippen molar-refractivity contribution in [2.75, 3.05) is 0 Å². The number of halogens is 1. The van der Waals surface area contributed by atoms with E-state index < -0.39 is 17.9 Å². The lowest BCUT2D eigenvalue weighted by molar-refractivity contribution is 0.0690. The number of hydrogen-bond donors (Lipinski definition) is 2. The van der Waals surface area contributed by atoms with Crippen molar-refractivity contribution in [3.8, 4) is 0 Å². The molecule has 5 heteroatoms. The molecule has 4 nitrogen and oxygen atoms in total. The van der Waals surface area contributed by atoms with E-state index in [9.17, 15) is 14.3 Å². The Morgan fingerprint density at radius 1 is 1.41 bits per heavy atom. The summed E-state index contributed by atoms with van der Waals surface area (Å²) < 4.78 is 13.1. The van der Waals surface area contributed by atoms with Crippen LogP contribution in [0.4, 0.5) is 4.39 Å². The first-order chi connectivity index (χ1) is 7.99. The smallest absolute Gasteiger partial charge is 0.354 e. The van der Waals surface area contributed by atoms with Gasteiger partial charge in [-0.2, -0.15) is 0 Å². The molecule has 0 fully saturated rings. The van der Waals surface area contributed by atoms with E-state index in [0.717, 1.165) is 0 Å². The van der Waals surface area contributed by atoms with Gasteiger partial charge in [0.15, 0.2) is 0 Å². The standard InChI is InChI=1S/C12H10FNO3/c1-6(15)8-5-11(12(16)17)14-10-3-2-7(13)4-9(8)10/h2-6,15H,1H3,(H,16,17). The Morgan fingerprint density at radius 2 is 2.12 bits per heavy atom. The zero-order chi connectivity index (χ0) is 12.6. The van der Waals surface area contributed by atoms with Gasteiger partial charge in [0.1, 0.15) is 11.5 Å². The Morgan fingerprint density at radius 3 is 2.71 bits per heavy atom. The topological polar surface area (TPSA) is 70.4 Å². The average molecular weight is 235 g/mol. The molecule has 1 aromatic heterocycles. The van der Waals surface area contributed by atoms with Crippen molar-refractivity contribution in [1.29, 1.82) is 0 Å². The first-order valence-corrected chi connectivity index (χ1v) is 5.00. The number of rotatable bonds is 2. The van der Waals surface area contributed by atoms with Crippen LogP contribution >= 0.6 is 0 Å². The molecule has 1 unspecified atom stereocenters. The lowest BCUT2D eigenvalue weighted by Gasteiger charge is -2.10. The summed E-state index contributed by atoms with van der Waals surface area (Å²) in [7, 11) is 0. The summed E-state index contributed by atoms with van der Waals surface area (Å²) in [5.74, 6) is -1.64. The minimum Gasteiger partial charge on any atom is -0.477 e. The maximum absolute atomic E-state index is 13.1. The minimum atomic E-state index is -1.18. The fourth-order valence-electron chi connectivity index (χ4n) is 1.68. The summed E-state index contributed by atoms with van der Waals surface area (Å²) in [4.78, 5) is 14.7. The summed E-state index contributed by atoms with van der Waals surface area (Å²) in [6.07, 6.45) is -0.889. The van der Waals surface area contributed by atoms with E-state index in [1.807, 2.05) is 0 Å². The molecule has 1 atom stereocenters. The number of carboxylic acid groups (broad SMARTS) is 1. The molecule has 88 valence electrons. The first kappa shape index (κ1) is 11.5. The zero-order valence-corrected chi connectivity index (χ0v) is 9.01. The maximum Gasteiger partial charge on any atom is 0.354 e. The molecule has 1 heterocycles. The first-order valence-electron chi connectivity index (χ1n) is 5.00. The fourth-order valence-corrected chi connectivity index (χ4v) is 1.68. The number of benzene rings is 1. The van der Waals surface area contributed by atoms with Crippen LogP contribution < -0.4 is 0 Å². The highest BCUT2D eigenvalue weighted by atomic mass is 19.1. The van der Waals surface area contributed by atoms with Crippen molar-refractivity contribution in [1.82, 2.24) is 4.98 Å². The van der Waals surface area contributed by atoms with Crippen LogP contribution in [0.3, 0.4) is 0 Å². The van der Waals surface area contributed by atoms with Gasteiger partial charge in [-0.25, -0.2) is 14.2 Å². The third-order valence-corrected chi connectivity index (χ3v) is 2.47. The van der Waals surface area contributed by atoms with Gasteiger partial charge in [-0.05, 0) is 36.8 Å². The monoisotopic (exact) mass is 235 g/mol. The van der Waals surface area contributed by atoms with Crippen molar-refractivity contribution in [3.05, 3.63) is 41.3 Å². The molecular weight excluding hydrogens is 225 g/mol. The van der Waals surface area contributed by atoms with E-state index in [1.165, 1.54) is 31.2 Å². The Labute approximate surface area is 96.3 Å². The van der Waals surface area contributed by atoms with Gasteiger partial charge in [-0.15, -0.1) is 0 Å². The largest absolute Gasteiger partial charge is 0.477 e. The summed E-state index contributed by atoms with van der Waals surface area (Å²) in [5.41, 5.74) is 0.536. The van der Waals surface area contributed by atoms with E-state index in [0.29, 0.717) is 16.5 Å². The highest BCUT2D eigenvalue weighted by Crippen LogP contribution is 2.24. The Kier molecular flexibility index (Phi) is 2.77. The Balaban J connectivity index is 2.81. The van der Waals surface area contributed by atoms with Gasteiger partial charge in [-0.3, -0.25) is 0 Å². The van der Waals surface area contributed by atoms with Crippen molar-refractivity contribution >= 4 is 16.9 Å². The predicted octanol–water partition coefficient (Wildman–Crippen LogP) is 2.13. The number of pyridine rings is 1. The maximum atomic E-state index is 13.1. The molecule has 1 aromatic carbocycles. The minimum absolute atomic E-state index is 0.167. The molecule has 0 amide bonds. The lowest BCUT2D eigenvalue weighted by atomic mass is 10.0. The van der Waals surface area contributed by atoms with E-state index in [2.05, 4.69) is 4.98 Å². The van der Waals surface area contributed by atoms with Crippen LogP contribution in [0.2, 0.25) is 0 Å². The van der Waals surface area contributed by atoms with Gasteiger partial charge < -0.3 is 10.2 Å². The van der Waals surface area contributed by atoms with Crippen LogP contribution in [0.5, 0.6) is 0 Å². The third kappa shape index (κ3) is 2.09. The number of nitrogens with zero attached hydrogens (tertiary/aromatic N) is 1. The van der Waals surface area contributed by atoms with Gasteiger partial charge in [0.25, 0.3) is 0 Å². The van der Waals surface area contributed by atoms with E-state index in [1.54, 1.807) is 0 Å². The molecule has 0 aliphatic heterocycles. The highest BCUT2D eigenvalue weighted by Gasteiger charge is 2.14. The second-order valence-electron chi connectivity index (χ2n) is 3.74. The van der Waals surface area contributed by atoms with Gasteiger partial charge in [0.2, 0.25) is 0 Å². The number of aromatic nitrogens is 1. The molecule has 0 saturated carbocycles. The van der Waals surface area contributed by atoms with Crippen molar-refractivity contribution < 1.29 is 19.4 Å². The number of aromatic carboxylic acids is 1. The number of hydrogen-bond acceptors (Lipinski definition) is 3. The number of fused-ring (bicyclic) bond motifs is 1. The summed E-state index contributed by atoms with van der Waals surface area (Å²) in [5, 5.41) is 18.9. The van der Waals surface area contributed by atoms with Crippen LogP contribution in [0.1, 0.15) is 29.1 Å². The third-order valence-electron chi connectivity index (χ3n) is 2.47. The Bertz CT molecular complexity index is 596. The molecule has 0 radical (unpaired) electrons. The number of aliphatic hydroxyl groups excluding tert-OH is 1. The van der Waals surface area contributed by atoms with Gasteiger partial charge in [0, 0.05) is 5.39 Å². The quantitative estimate of drug-likeness (QED) is 0.836. The van der Waals surface area contributed by atoms with E-state index >= 15 is 0 Å². The fraction of sp³-hybridized carbons (Fsp3) is 0.167. The number of carboxylic acids is 1. The number of carbonyl (C=O) groups is 1. The zero-order valence-electron chi connectivity index (χ0n) is 9.01. The molecule has 0 saturated heterocycles.